The number of nitrogens with one attached hydrogen (secondary N) is 1. The normalized spacial score (nSPS) is 13.4. The van der Waals surface area contributed by atoms with E-state index >= 15 is 0 Å². The summed E-state index contributed by atoms with van der Waals surface area (Å²) < 4.78 is 32.6. The van der Waals surface area contributed by atoms with Crippen LogP contribution in [-0.2, 0) is 24.2 Å². The molecule has 30 heavy (non-hydrogen) atoms. The SMILES string of the molecule is Cc1nc(=O)[nH]c(C)c1CCC(=O)N1CCc2oc(-c3cc(F)cc(F)c3)nc2C1. The summed E-state index contributed by atoms with van der Waals surface area (Å²) in [6.07, 6.45) is 1.21. The molecule has 4 rings (SSSR count). The number of hydrogen-bond acceptors (Lipinski definition) is 5. The second-order valence-electron chi connectivity index (χ2n) is 7.34. The molecule has 0 fully saturated rings. The lowest BCUT2D eigenvalue weighted by Gasteiger charge is -2.25. The number of aromatic amines is 1. The van der Waals surface area contributed by atoms with E-state index in [0.717, 1.165) is 23.8 Å². The van der Waals surface area contributed by atoms with Crippen LogP contribution in [0.5, 0.6) is 0 Å². The molecule has 2 aromatic heterocycles. The van der Waals surface area contributed by atoms with Crippen molar-refractivity contribution >= 4 is 5.91 Å². The number of halogens is 2. The Morgan fingerprint density at radius 1 is 1.20 bits per heavy atom. The number of H-pyrrole nitrogens is 1. The highest BCUT2D eigenvalue weighted by atomic mass is 19.1. The van der Waals surface area contributed by atoms with Gasteiger partial charge in [-0.05, 0) is 38.0 Å². The van der Waals surface area contributed by atoms with Gasteiger partial charge in [0.15, 0.2) is 0 Å². The zero-order valence-corrected chi connectivity index (χ0v) is 16.6. The van der Waals surface area contributed by atoms with Crippen LogP contribution in [0.25, 0.3) is 11.5 Å². The predicted octanol–water partition coefficient (Wildman–Crippen LogP) is 2.84. The molecule has 3 heterocycles. The summed E-state index contributed by atoms with van der Waals surface area (Å²) in [5.74, 6) is -0.707. The van der Waals surface area contributed by atoms with Crippen LogP contribution in [0.3, 0.4) is 0 Å². The van der Waals surface area contributed by atoms with E-state index < -0.39 is 17.3 Å². The third kappa shape index (κ3) is 4.00. The molecule has 0 aliphatic carbocycles. The summed E-state index contributed by atoms with van der Waals surface area (Å²) in [7, 11) is 0. The molecule has 0 saturated carbocycles. The van der Waals surface area contributed by atoms with Crippen molar-refractivity contribution < 1.29 is 18.0 Å². The molecule has 1 aliphatic heterocycles. The molecule has 0 spiro atoms. The quantitative estimate of drug-likeness (QED) is 0.709. The first-order chi connectivity index (χ1) is 14.3. The minimum atomic E-state index is -0.708. The Bertz CT molecular complexity index is 1140. The van der Waals surface area contributed by atoms with Crippen molar-refractivity contribution in [1.82, 2.24) is 19.9 Å². The molecule has 9 heteroatoms. The molecular formula is C21H20F2N4O3. The van der Waals surface area contributed by atoms with Gasteiger partial charge in [-0.25, -0.2) is 18.6 Å². The first-order valence-electron chi connectivity index (χ1n) is 9.59. The zero-order chi connectivity index (χ0) is 21.4. The number of fused-ring (bicyclic) bond motifs is 1. The number of rotatable bonds is 4. The first-order valence-corrected chi connectivity index (χ1v) is 9.59. The van der Waals surface area contributed by atoms with Crippen LogP contribution in [0.4, 0.5) is 8.78 Å². The third-order valence-corrected chi connectivity index (χ3v) is 5.23. The summed E-state index contributed by atoms with van der Waals surface area (Å²) in [4.78, 5) is 36.7. The van der Waals surface area contributed by atoms with Gasteiger partial charge in [0, 0.05) is 42.4 Å². The predicted molar refractivity (Wildman–Crippen MR) is 104 cm³/mol. The molecule has 1 amide bonds. The fourth-order valence-corrected chi connectivity index (χ4v) is 3.73. The van der Waals surface area contributed by atoms with Gasteiger partial charge in [-0.15, -0.1) is 0 Å². The lowest BCUT2D eigenvalue weighted by atomic mass is 10.1. The van der Waals surface area contributed by atoms with Crippen molar-refractivity contribution in [1.29, 1.82) is 0 Å². The number of hydrogen-bond donors (Lipinski definition) is 1. The Kier molecular flexibility index (Phi) is 5.19. The molecule has 3 aromatic rings. The average molecular weight is 414 g/mol. The molecular weight excluding hydrogens is 394 g/mol. The lowest BCUT2D eigenvalue weighted by molar-refractivity contribution is -0.132. The topological polar surface area (TPSA) is 92.1 Å². The highest BCUT2D eigenvalue weighted by Gasteiger charge is 2.26. The highest BCUT2D eigenvalue weighted by molar-refractivity contribution is 5.76. The average Bonchev–Trinajstić information content (AvgIpc) is 3.09. The number of carbonyl (C=O) groups is 1. The summed E-state index contributed by atoms with van der Waals surface area (Å²) in [6.45, 7) is 4.29. The molecule has 1 aliphatic rings. The van der Waals surface area contributed by atoms with Crippen LogP contribution in [0.2, 0.25) is 0 Å². The standard InChI is InChI=1S/C21H20F2N4O3/c1-11-16(12(2)25-21(29)24-11)3-4-19(28)27-6-5-18-17(10-27)26-20(30-18)13-7-14(22)9-15(23)8-13/h7-9H,3-6,10H2,1-2H3,(H,24,25,29). The van der Waals surface area contributed by atoms with Crippen molar-refractivity contribution in [2.75, 3.05) is 6.54 Å². The molecule has 0 unspecified atom stereocenters. The van der Waals surface area contributed by atoms with E-state index in [2.05, 4.69) is 15.0 Å². The maximum atomic E-state index is 13.5. The first kappa shape index (κ1) is 19.9. The zero-order valence-electron chi connectivity index (χ0n) is 16.6. The Balaban J connectivity index is 1.46. The van der Waals surface area contributed by atoms with E-state index in [0.29, 0.717) is 42.2 Å². The van der Waals surface area contributed by atoms with Gasteiger partial charge in [-0.2, -0.15) is 4.98 Å². The summed E-state index contributed by atoms with van der Waals surface area (Å²) in [5.41, 5.74) is 2.60. The number of nitrogens with zero attached hydrogens (tertiary/aromatic N) is 3. The number of benzene rings is 1. The molecule has 1 aromatic carbocycles. The van der Waals surface area contributed by atoms with Gasteiger partial charge in [-0.3, -0.25) is 4.79 Å². The van der Waals surface area contributed by atoms with Gasteiger partial charge < -0.3 is 14.3 Å². The summed E-state index contributed by atoms with van der Waals surface area (Å²) in [6, 6.07) is 3.10. The van der Waals surface area contributed by atoms with Crippen LogP contribution in [0.1, 0.15) is 34.8 Å². The highest BCUT2D eigenvalue weighted by Crippen LogP contribution is 2.27. The fraction of sp³-hybridized carbons (Fsp3) is 0.333. The van der Waals surface area contributed by atoms with Gasteiger partial charge in [0.1, 0.15) is 23.1 Å². The van der Waals surface area contributed by atoms with Crippen LogP contribution in [0.15, 0.2) is 27.4 Å². The van der Waals surface area contributed by atoms with Crippen molar-refractivity contribution in [2.45, 2.75) is 39.7 Å². The van der Waals surface area contributed by atoms with Gasteiger partial charge in [0.05, 0.1) is 6.54 Å². The van der Waals surface area contributed by atoms with Crippen LogP contribution in [0, 0.1) is 25.5 Å². The largest absolute Gasteiger partial charge is 0.441 e. The molecule has 0 bridgehead atoms. The van der Waals surface area contributed by atoms with Crippen LogP contribution >= 0.6 is 0 Å². The van der Waals surface area contributed by atoms with Crippen LogP contribution < -0.4 is 5.69 Å². The minimum Gasteiger partial charge on any atom is -0.441 e. The number of aryl methyl sites for hydroxylation is 2. The molecule has 156 valence electrons. The number of aromatic nitrogens is 3. The number of amides is 1. The van der Waals surface area contributed by atoms with E-state index in [1.807, 2.05) is 0 Å². The Hall–Kier alpha value is -3.36. The number of oxazole rings is 1. The van der Waals surface area contributed by atoms with E-state index in [9.17, 15) is 18.4 Å². The van der Waals surface area contributed by atoms with E-state index in [4.69, 9.17) is 4.42 Å². The van der Waals surface area contributed by atoms with Gasteiger partial charge in [-0.1, -0.05) is 0 Å². The van der Waals surface area contributed by atoms with Gasteiger partial charge >= 0.3 is 5.69 Å². The van der Waals surface area contributed by atoms with Crippen LogP contribution in [-0.4, -0.2) is 32.3 Å². The van der Waals surface area contributed by atoms with Gasteiger partial charge in [0.2, 0.25) is 11.8 Å². The molecule has 7 nitrogen and oxygen atoms in total. The van der Waals surface area contributed by atoms with Crippen molar-refractivity contribution in [3.63, 3.8) is 0 Å². The Morgan fingerprint density at radius 2 is 1.93 bits per heavy atom. The van der Waals surface area contributed by atoms with Crippen molar-refractivity contribution in [3.05, 3.63) is 68.7 Å². The van der Waals surface area contributed by atoms with E-state index in [1.165, 1.54) is 0 Å². The fourth-order valence-electron chi connectivity index (χ4n) is 3.73. The minimum absolute atomic E-state index is 0.0491. The lowest BCUT2D eigenvalue weighted by Crippen LogP contribution is -2.36. The third-order valence-electron chi connectivity index (χ3n) is 5.23. The summed E-state index contributed by atoms with van der Waals surface area (Å²) >= 11 is 0. The van der Waals surface area contributed by atoms with Gasteiger partial charge in [0.25, 0.3) is 0 Å². The second-order valence-corrected chi connectivity index (χ2v) is 7.34. The molecule has 0 saturated heterocycles. The van der Waals surface area contributed by atoms with E-state index in [1.54, 1.807) is 18.7 Å². The summed E-state index contributed by atoms with van der Waals surface area (Å²) in [5, 5.41) is 0. The smallest absolute Gasteiger partial charge is 0.345 e. The molecule has 1 N–H and O–H groups in total. The van der Waals surface area contributed by atoms with Crippen molar-refractivity contribution in [2.24, 2.45) is 0 Å². The maximum absolute atomic E-state index is 13.5. The monoisotopic (exact) mass is 414 g/mol. The Labute approximate surface area is 170 Å². The molecule has 0 radical (unpaired) electrons. The Morgan fingerprint density at radius 3 is 2.63 bits per heavy atom. The molecule has 0 atom stereocenters. The second kappa shape index (κ2) is 7.81. The number of carbonyl (C=O) groups excluding carboxylic acids is 1. The van der Waals surface area contributed by atoms with Crippen molar-refractivity contribution in [3.8, 4) is 11.5 Å². The maximum Gasteiger partial charge on any atom is 0.345 e. The van der Waals surface area contributed by atoms with E-state index in [-0.39, 0.29) is 30.3 Å².